The van der Waals surface area contributed by atoms with E-state index < -0.39 is 11.7 Å². The van der Waals surface area contributed by atoms with Crippen LogP contribution >= 0.6 is 0 Å². The smallest absolute Gasteiger partial charge is 0.280 e. The zero-order chi connectivity index (χ0) is 25.8. The summed E-state index contributed by atoms with van der Waals surface area (Å²) in [5.41, 5.74) is 6.25. The largest absolute Gasteiger partial charge is 0.379 e. The van der Waals surface area contributed by atoms with Gasteiger partial charge in [0.05, 0.1) is 31.4 Å². The Labute approximate surface area is 214 Å². The molecule has 3 aromatic rings. The molecule has 0 unspecified atom stereocenters. The predicted molar refractivity (Wildman–Crippen MR) is 135 cm³/mol. The lowest BCUT2D eigenvalue weighted by molar-refractivity contribution is -0.136. The summed E-state index contributed by atoms with van der Waals surface area (Å²) in [6, 6.07) is 11.7. The van der Waals surface area contributed by atoms with Crippen LogP contribution in [-0.2, 0) is 20.9 Å². The molecule has 2 amide bonds. The number of imidazole rings is 1. The van der Waals surface area contributed by atoms with E-state index in [0.29, 0.717) is 24.0 Å². The first kappa shape index (κ1) is 25.3. The number of benzene rings is 2. The predicted octanol–water partition coefficient (Wildman–Crippen LogP) is 3.09. The summed E-state index contributed by atoms with van der Waals surface area (Å²) in [7, 11) is 1.44. The number of nitrogens with zero attached hydrogens (tertiary/aromatic N) is 3. The lowest BCUT2D eigenvalue weighted by Gasteiger charge is -2.29. The van der Waals surface area contributed by atoms with Crippen LogP contribution in [0.2, 0.25) is 0 Å². The lowest BCUT2D eigenvalue weighted by atomic mass is 9.85. The molecule has 2 N–H and O–H groups in total. The molecule has 0 bridgehead atoms. The summed E-state index contributed by atoms with van der Waals surface area (Å²) in [5.74, 6) is -1.06. The summed E-state index contributed by atoms with van der Waals surface area (Å²) in [4.78, 5) is 40.2. The van der Waals surface area contributed by atoms with Crippen molar-refractivity contribution >= 4 is 22.8 Å². The average Bonchev–Trinajstić information content (AvgIpc) is 3.27. The van der Waals surface area contributed by atoms with Gasteiger partial charge in [0.1, 0.15) is 5.82 Å². The van der Waals surface area contributed by atoms with Crippen LogP contribution in [0, 0.1) is 11.7 Å². The van der Waals surface area contributed by atoms with Gasteiger partial charge < -0.3 is 14.3 Å². The highest BCUT2D eigenvalue weighted by Crippen LogP contribution is 2.33. The number of fused-ring (bicyclic) bond motifs is 1. The normalized spacial score (nSPS) is 21.3. The second-order valence-corrected chi connectivity index (χ2v) is 9.66. The maximum absolute atomic E-state index is 13.4. The van der Waals surface area contributed by atoms with Crippen LogP contribution in [0.1, 0.15) is 47.6 Å². The van der Waals surface area contributed by atoms with Gasteiger partial charge in [-0.15, -0.1) is 0 Å². The van der Waals surface area contributed by atoms with E-state index in [1.54, 1.807) is 0 Å². The highest BCUT2D eigenvalue weighted by atomic mass is 19.1. The second kappa shape index (κ2) is 11.4. The van der Waals surface area contributed by atoms with E-state index in [-0.39, 0.29) is 17.9 Å². The van der Waals surface area contributed by atoms with E-state index in [1.165, 1.54) is 36.9 Å². The van der Waals surface area contributed by atoms with Gasteiger partial charge in [0, 0.05) is 37.2 Å². The third-order valence-corrected chi connectivity index (χ3v) is 7.24. The molecule has 1 saturated carbocycles. The molecule has 2 fully saturated rings. The molecule has 2 aliphatic rings. The van der Waals surface area contributed by atoms with Crippen molar-refractivity contribution in [3.05, 3.63) is 65.0 Å². The monoisotopic (exact) mass is 509 g/mol. The summed E-state index contributed by atoms with van der Waals surface area (Å²) in [5, 5.41) is 0. The highest BCUT2D eigenvalue weighted by molar-refractivity contribution is 5.94. The van der Waals surface area contributed by atoms with E-state index in [4.69, 9.17) is 9.57 Å². The van der Waals surface area contributed by atoms with Gasteiger partial charge in [-0.25, -0.2) is 9.87 Å². The van der Waals surface area contributed by atoms with Crippen LogP contribution in [0.25, 0.3) is 11.0 Å². The van der Waals surface area contributed by atoms with Crippen molar-refractivity contribution in [1.29, 1.82) is 0 Å². The molecule has 10 heteroatoms. The number of hydrogen-bond acceptors (Lipinski definition) is 5. The van der Waals surface area contributed by atoms with Crippen molar-refractivity contribution in [1.82, 2.24) is 19.9 Å². The fraction of sp³-hybridized carbons (Fsp3) is 0.444. The van der Waals surface area contributed by atoms with Crippen molar-refractivity contribution < 1.29 is 23.6 Å². The number of hydrogen-bond donors (Lipinski definition) is 2. The number of morpholine rings is 1. The number of nitrogens with one attached hydrogen (secondary N) is 2. The molecular formula is C27H32FN5O4. The molecule has 37 heavy (non-hydrogen) atoms. The van der Waals surface area contributed by atoms with E-state index in [1.807, 2.05) is 6.07 Å². The number of hydroxylamine groups is 1. The number of ether oxygens (including phenoxy) is 1. The maximum atomic E-state index is 13.4. The van der Waals surface area contributed by atoms with Gasteiger partial charge in [-0.05, 0) is 67.6 Å². The van der Waals surface area contributed by atoms with Crippen molar-refractivity contribution in [2.45, 2.75) is 38.3 Å². The number of rotatable bonds is 6. The summed E-state index contributed by atoms with van der Waals surface area (Å²) < 4.78 is 20.9. The first-order valence-corrected chi connectivity index (χ1v) is 12.7. The molecular weight excluding hydrogens is 477 g/mol. The Hall–Kier alpha value is -3.34. The van der Waals surface area contributed by atoms with E-state index in [9.17, 15) is 14.0 Å². The van der Waals surface area contributed by atoms with E-state index >= 15 is 0 Å². The fourth-order valence-electron chi connectivity index (χ4n) is 5.28. The summed E-state index contributed by atoms with van der Waals surface area (Å²) >= 11 is 0. The zero-order valence-corrected chi connectivity index (χ0v) is 20.9. The molecule has 9 nitrogen and oxygen atoms in total. The van der Waals surface area contributed by atoms with Crippen LogP contribution in [0.15, 0.2) is 47.5 Å². The molecule has 1 aliphatic heterocycles. The quantitative estimate of drug-likeness (QED) is 0.498. The first-order valence-electron chi connectivity index (χ1n) is 12.7. The van der Waals surface area contributed by atoms with Gasteiger partial charge in [0.2, 0.25) is 11.5 Å². The fourth-order valence-corrected chi connectivity index (χ4v) is 5.28. The Morgan fingerprint density at radius 2 is 1.84 bits per heavy atom. The van der Waals surface area contributed by atoms with Crippen LogP contribution in [-0.4, -0.2) is 59.7 Å². The number of carbonyl (C=O) groups is 2. The SMILES string of the molecule is CONC(=O)C1CCC(n2/c(=N\C(=O)c3ccc(F)cc3)[nH]c3ccc(CN4CCOCC4)cc32)CC1. The zero-order valence-electron chi connectivity index (χ0n) is 20.9. The molecule has 0 spiro atoms. The van der Waals surface area contributed by atoms with Crippen molar-refractivity contribution in [3.8, 4) is 0 Å². The Kier molecular flexibility index (Phi) is 7.78. The Morgan fingerprint density at radius 1 is 1.11 bits per heavy atom. The molecule has 0 radical (unpaired) electrons. The minimum atomic E-state index is -0.443. The molecule has 2 heterocycles. The van der Waals surface area contributed by atoms with Crippen molar-refractivity contribution in [2.24, 2.45) is 10.9 Å². The number of carbonyl (C=O) groups excluding carboxylic acids is 2. The van der Waals surface area contributed by atoms with Crippen molar-refractivity contribution in [3.63, 3.8) is 0 Å². The lowest BCUT2D eigenvalue weighted by Crippen LogP contribution is -2.35. The average molecular weight is 510 g/mol. The third-order valence-electron chi connectivity index (χ3n) is 7.24. The maximum Gasteiger partial charge on any atom is 0.280 e. The Balaban J connectivity index is 1.49. The molecule has 2 aromatic carbocycles. The first-order chi connectivity index (χ1) is 18.0. The number of halogens is 1. The van der Waals surface area contributed by atoms with Crippen LogP contribution in [0.5, 0.6) is 0 Å². The van der Waals surface area contributed by atoms with E-state index in [2.05, 4.69) is 37.1 Å². The topological polar surface area (TPSA) is 101 Å². The third kappa shape index (κ3) is 5.82. The molecule has 1 aromatic heterocycles. The Bertz CT molecular complexity index is 1320. The minimum Gasteiger partial charge on any atom is -0.379 e. The molecule has 5 rings (SSSR count). The van der Waals surface area contributed by atoms with Gasteiger partial charge >= 0.3 is 0 Å². The Morgan fingerprint density at radius 3 is 2.54 bits per heavy atom. The van der Waals surface area contributed by atoms with Gasteiger partial charge in [0.25, 0.3) is 5.91 Å². The number of aromatic nitrogens is 2. The summed E-state index contributed by atoms with van der Waals surface area (Å²) in [6.07, 6.45) is 2.94. The minimum absolute atomic E-state index is 0.0683. The van der Waals surface area contributed by atoms with Crippen LogP contribution < -0.4 is 11.1 Å². The van der Waals surface area contributed by atoms with Gasteiger partial charge in [0.15, 0.2) is 0 Å². The number of H-pyrrole nitrogens is 1. The van der Waals surface area contributed by atoms with Gasteiger partial charge in [-0.2, -0.15) is 4.99 Å². The van der Waals surface area contributed by atoms with E-state index in [0.717, 1.165) is 56.7 Å². The molecule has 1 aliphatic carbocycles. The van der Waals surface area contributed by atoms with Crippen LogP contribution in [0.3, 0.4) is 0 Å². The van der Waals surface area contributed by atoms with Gasteiger partial charge in [-0.1, -0.05) is 6.07 Å². The molecule has 196 valence electrons. The number of amides is 2. The standard InChI is InChI=1S/C27H32FN5O4/c1-36-31-26(35)20-5-9-22(10-6-20)33-24-16-18(17-32-12-14-37-15-13-32)2-11-23(24)29-27(33)30-25(34)19-3-7-21(28)8-4-19/h2-4,7-8,11,16,20,22H,5-6,9-10,12-15,17H2,1H3,(H,31,35)(H,29,30,34). The van der Waals surface area contributed by atoms with Crippen LogP contribution in [0.4, 0.5) is 4.39 Å². The van der Waals surface area contributed by atoms with Gasteiger partial charge in [-0.3, -0.25) is 19.3 Å². The van der Waals surface area contributed by atoms with Crippen molar-refractivity contribution in [2.75, 3.05) is 33.4 Å². The molecule has 1 saturated heterocycles. The summed E-state index contributed by atoms with van der Waals surface area (Å²) in [6.45, 7) is 4.08. The molecule has 0 atom stereocenters. The highest BCUT2D eigenvalue weighted by Gasteiger charge is 2.29. The second-order valence-electron chi connectivity index (χ2n) is 9.66. The number of aromatic amines is 1.